The molecule has 0 spiro atoms. The first-order valence-corrected chi connectivity index (χ1v) is 7.65. The third kappa shape index (κ3) is 3.53. The predicted octanol–water partition coefficient (Wildman–Crippen LogP) is 2.09. The van der Waals surface area contributed by atoms with Crippen LogP contribution in [0.2, 0.25) is 0 Å². The summed E-state index contributed by atoms with van der Waals surface area (Å²) in [4.78, 5) is 14.2. The minimum absolute atomic E-state index is 0.00130. The van der Waals surface area contributed by atoms with Gasteiger partial charge in [0.05, 0.1) is 0 Å². The molecule has 5 heteroatoms. The summed E-state index contributed by atoms with van der Waals surface area (Å²) in [6.07, 6.45) is 3.44. The molecule has 3 rings (SSSR count). The number of rotatable bonds is 3. The number of nitrogens with zero attached hydrogens (tertiary/aromatic N) is 1. The van der Waals surface area contributed by atoms with Crippen molar-refractivity contribution in [3.63, 3.8) is 0 Å². The van der Waals surface area contributed by atoms with E-state index in [1.165, 1.54) is 6.07 Å². The molecule has 1 N–H and O–H groups in total. The molecule has 2 unspecified atom stereocenters. The van der Waals surface area contributed by atoms with Gasteiger partial charge in [-0.25, -0.2) is 4.39 Å². The average Bonchev–Trinajstić information content (AvgIpc) is 3.02. The van der Waals surface area contributed by atoms with Crippen LogP contribution in [0, 0.1) is 5.82 Å². The number of nitrogens with one attached hydrogen (secondary N) is 1. The summed E-state index contributed by atoms with van der Waals surface area (Å²) in [6, 6.07) is 6.74. The van der Waals surface area contributed by atoms with E-state index in [4.69, 9.17) is 4.74 Å². The van der Waals surface area contributed by atoms with E-state index in [9.17, 15) is 9.18 Å². The Balaban J connectivity index is 1.59. The number of benzene rings is 1. The van der Waals surface area contributed by atoms with Gasteiger partial charge < -0.3 is 15.0 Å². The summed E-state index contributed by atoms with van der Waals surface area (Å²) in [7, 11) is 0. The van der Waals surface area contributed by atoms with Gasteiger partial charge in [-0.05, 0) is 43.9 Å². The number of hydrogen-bond acceptors (Lipinski definition) is 3. The summed E-state index contributed by atoms with van der Waals surface area (Å²) < 4.78 is 18.7. The van der Waals surface area contributed by atoms with Crippen molar-refractivity contribution in [1.82, 2.24) is 5.32 Å². The summed E-state index contributed by atoms with van der Waals surface area (Å²) in [5, 5.41) is 3.08. The lowest BCUT2D eigenvalue weighted by molar-refractivity contribution is -0.130. The highest BCUT2D eigenvalue weighted by atomic mass is 19.1. The maximum Gasteiger partial charge on any atom is 0.249 e. The first-order valence-electron chi connectivity index (χ1n) is 7.65. The highest BCUT2D eigenvalue weighted by Crippen LogP contribution is 2.21. The summed E-state index contributed by atoms with van der Waals surface area (Å²) in [5.41, 5.74) is 0.881. The fourth-order valence-corrected chi connectivity index (χ4v) is 3.08. The van der Waals surface area contributed by atoms with E-state index in [0.717, 1.165) is 44.5 Å². The summed E-state index contributed by atoms with van der Waals surface area (Å²) in [5.74, 6) is -0.225. The van der Waals surface area contributed by atoms with Crippen LogP contribution in [0.5, 0.6) is 0 Å². The molecule has 114 valence electrons. The van der Waals surface area contributed by atoms with E-state index in [1.54, 1.807) is 12.1 Å². The molecule has 2 aliphatic rings. The Morgan fingerprint density at radius 2 is 2.24 bits per heavy atom. The third-order valence-corrected chi connectivity index (χ3v) is 4.16. The van der Waals surface area contributed by atoms with Crippen LogP contribution < -0.4 is 10.2 Å². The van der Waals surface area contributed by atoms with Crippen LogP contribution in [0.25, 0.3) is 0 Å². The van der Waals surface area contributed by atoms with Crippen LogP contribution in [0.4, 0.5) is 10.1 Å². The maximum atomic E-state index is 13.3. The topological polar surface area (TPSA) is 41.6 Å². The number of halogens is 1. The van der Waals surface area contributed by atoms with Crippen molar-refractivity contribution in [2.75, 3.05) is 24.6 Å². The van der Waals surface area contributed by atoms with Gasteiger partial charge >= 0.3 is 0 Å². The highest BCUT2D eigenvalue weighted by Gasteiger charge is 2.27. The second-order valence-corrected chi connectivity index (χ2v) is 5.78. The van der Waals surface area contributed by atoms with Gasteiger partial charge in [0, 0.05) is 31.4 Å². The molecule has 0 bridgehead atoms. The predicted molar refractivity (Wildman–Crippen MR) is 78.8 cm³/mol. The normalized spacial score (nSPS) is 25.9. The molecule has 0 aliphatic carbocycles. The minimum atomic E-state index is -0.283. The molecule has 2 saturated heterocycles. The van der Waals surface area contributed by atoms with Crippen LogP contribution in [0.15, 0.2) is 24.3 Å². The lowest BCUT2D eigenvalue weighted by Gasteiger charge is -2.35. The van der Waals surface area contributed by atoms with Gasteiger partial charge in [0.15, 0.2) is 0 Å². The van der Waals surface area contributed by atoms with Crippen molar-refractivity contribution in [3.8, 4) is 0 Å². The van der Waals surface area contributed by atoms with E-state index in [0.29, 0.717) is 6.61 Å². The highest BCUT2D eigenvalue weighted by molar-refractivity contribution is 5.81. The number of piperidine rings is 1. The molecule has 2 aliphatic heterocycles. The van der Waals surface area contributed by atoms with Crippen molar-refractivity contribution in [2.24, 2.45) is 0 Å². The molecule has 1 aromatic rings. The van der Waals surface area contributed by atoms with Crippen molar-refractivity contribution < 1.29 is 13.9 Å². The minimum Gasteiger partial charge on any atom is -0.369 e. The maximum absolute atomic E-state index is 13.3. The Bertz CT molecular complexity index is 503. The lowest BCUT2D eigenvalue weighted by Crippen LogP contribution is -2.50. The number of hydrogen-bond donors (Lipinski definition) is 1. The molecule has 1 aromatic carbocycles. The van der Waals surface area contributed by atoms with E-state index in [1.807, 2.05) is 6.07 Å². The van der Waals surface area contributed by atoms with E-state index < -0.39 is 0 Å². The zero-order chi connectivity index (χ0) is 14.7. The standard InChI is InChI=1S/C16H21FN2O2/c17-12-4-1-6-14(10-12)19-8-2-5-13(11-19)18-16(20)15-7-3-9-21-15/h1,4,6,10,13,15H,2-3,5,7-9,11H2,(H,18,20). The van der Waals surface area contributed by atoms with Gasteiger partial charge in [0.1, 0.15) is 11.9 Å². The first-order chi connectivity index (χ1) is 10.2. The van der Waals surface area contributed by atoms with Crippen LogP contribution in [0.3, 0.4) is 0 Å². The third-order valence-electron chi connectivity index (χ3n) is 4.16. The van der Waals surface area contributed by atoms with Crippen LogP contribution in [-0.4, -0.2) is 37.7 Å². The smallest absolute Gasteiger partial charge is 0.249 e. The Kier molecular flexibility index (Phi) is 4.39. The van der Waals surface area contributed by atoms with Gasteiger partial charge in [-0.2, -0.15) is 0 Å². The fraction of sp³-hybridized carbons (Fsp3) is 0.562. The SMILES string of the molecule is O=C(NC1CCCN(c2cccc(F)c2)C1)C1CCCO1. The Morgan fingerprint density at radius 3 is 3.00 bits per heavy atom. The number of anilines is 1. The molecular formula is C16H21FN2O2. The second-order valence-electron chi connectivity index (χ2n) is 5.78. The number of carbonyl (C=O) groups is 1. The second kappa shape index (κ2) is 6.43. The molecule has 2 atom stereocenters. The number of ether oxygens (including phenoxy) is 1. The van der Waals surface area contributed by atoms with E-state index in [-0.39, 0.29) is 23.9 Å². The first kappa shape index (κ1) is 14.3. The summed E-state index contributed by atoms with van der Waals surface area (Å²) in [6.45, 7) is 2.30. The van der Waals surface area contributed by atoms with Crippen molar-refractivity contribution in [2.45, 2.75) is 37.8 Å². The van der Waals surface area contributed by atoms with E-state index in [2.05, 4.69) is 10.2 Å². The quantitative estimate of drug-likeness (QED) is 0.927. The Morgan fingerprint density at radius 1 is 1.33 bits per heavy atom. The van der Waals surface area contributed by atoms with Crippen LogP contribution in [-0.2, 0) is 9.53 Å². The molecule has 2 fully saturated rings. The average molecular weight is 292 g/mol. The zero-order valence-corrected chi connectivity index (χ0v) is 12.1. The molecule has 0 aromatic heterocycles. The zero-order valence-electron chi connectivity index (χ0n) is 12.1. The lowest BCUT2D eigenvalue weighted by atomic mass is 10.0. The van der Waals surface area contributed by atoms with Gasteiger partial charge in [-0.1, -0.05) is 6.07 Å². The molecule has 21 heavy (non-hydrogen) atoms. The summed E-state index contributed by atoms with van der Waals surface area (Å²) >= 11 is 0. The fourth-order valence-electron chi connectivity index (χ4n) is 3.08. The largest absolute Gasteiger partial charge is 0.369 e. The molecule has 1 amide bonds. The van der Waals surface area contributed by atoms with Gasteiger partial charge in [0.25, 0.3) is 0 Å². The Labute approximate surface area is 124 Å². The van der Waals surface area contributed by atoms with Crippen LogP contribution in [0.1, 0.15) is 25.7 Å². The monoisotopic (exact) mass is 292 g/mol. The van der Waals surface area contributed by atoms with Crippen molar-refractivity contribution in [1.29, 1.82) is 0 Å². The van der Waals surface area contributed by atoms with Gasteiger partial charge in [-0.15, -0.1) is 0 Å². The van der Waals surface area contributed by atoms with Crippen molar-refractivity contribution in [3.05, 3.63) is 30.1 Å². The van der Waals surface area contributed by atoms with Gasteiger partial charge in [0.2, 0.25) is 5.91 Å². The van der Waals surface area contributed by atoms with Gasteiger partial charge in [-0.3, -0.25) is 4.79 Å². The molecule has 0 radical (unpaired) electrons. The Hall–Kier alpha value is -1.62. The van der Waals surface area contributed by atoms with Crippen LogP contribution >= 0.6 is 0 Å². The number of amides is 1. The molecular weight excluding hydrogens is 271 g/mol. The molecule has 2 heterocycles. The molecule has 0 saturated carbocycles. The number of carbonyl (C=O) groups excluding carboxylic acids is 1. The molecule has 4 nitrogen and oxygen atoms in total. The van der Waals surface area contributed by atoms with E-state index >= 15 is 0 Å². The van der Waals surface area contributed by atoms with Crippen molar-refractivity contribution >= 4 is 11.6 Å².